The van der Waals surface area contributed by atoms with E-state index in [0.717, 1.165) is 11.3 Å². The van der Waals surface area contributed by atoms with Gasteiger partial charge in [-0.25, -0.2) is 4.98 Å². The molecule has 0 spiro atoms. The second-order valence-corrected chi connectivity index (χ2v) is 5.61. The molecular formula is C19H20N4O4. The van der Waals surface area contributed by atoms with Gasteiger partial charge in [-0.2, -0.15) is 4.98 Å². The fraction of sp³-hybridized carbons (Fsp3) is 0.263. The van der Waals surface area contributed by atoms with Crippen LogP contribution >= 0.6 is 0 Å². The van der Waals surface area contributed by atoms with E-state index >= 15 is 0 Å². The van der Waals surface area contributed by atoms with Crippen LogP contribution in [0.25, 0.3) is 11.4 Å². The number of hydrogen-bond acceptors (Lipinski definition) is 7. The standard InChI is InChI=1S/C19H20N4O4/c1-3-26-15-7-4-13(5-8-15)19-22-18(27-23-19)11-9-16(24)21-14-6-10-17(25-2)20-12-14/h4-8,10,12H,3,9,11H2,1-2H3,(H,21,24). The summed E-state index contributed by atoms with van der Waals surface area (Å²) >= 11 is 0. The first-order chi connectivity index (χ1) is 13.2. The monoisotopic (exact) mass is 368 g/mol. The van der Waals surface area contributed by atoms with Crippen molar-refractivity contribution in [1.82, 2.24) is 15.1 Å². The molecule has 1 aromatic carbocycles. The van der Waals surface area contributed by atoms with E-state index in [1.54, 1.807) is 12.1 Å². The van der Waals surface area contributed by atoms with Crippen molar-refractivity contribution < 1.29 is 18.8 Å². The summed E-state index contributed by atoms with van der Waals surface area (Å²) in [4.78, 5) is 20.4. The van der Waals surface area contributed by atoms with Gasteiger partial charge < -0.3 is 19.3 Å². The lowest BCUT2D eigenvalue weighted by Gasteiger charge is -2.04. The van der Waals surface area contributed by atoms with Crippen molar-refractivity contribution >= 4 is 11.6 Å². The maximum absolute atomic E-state index is 12.0. The summed E-state index contributed by atoms with van der Waals surface area (Å²) in [6, 6.07) is 10.8. The van der Waals surface area contributed by atoms with Gasteiger partial charge in [0.1, 0.15) is 5.75 Å². The van der Waals surface area contributed by atoms with Crippen molar-refractivity contribution in [3.63, 3.8) is 0 Å². The molecule has 0 aliphatic rings. The first-order valence-electron chi connectivity index (χ1n) is 8.53. The molecule has 0 aliphatic carbocycles. The van der Waals surface area contributed by atoms with E-state index in [0.29, 0.717) is 36.3 Å². The predicted molar refractivity (Wildman–Crippen MR) is 98.6 cm³/mol. The Morgan fingerprint density at radius 3 is 2.67 bits per heavy atom. The lowest BCUT2D eigenvalue weighted by molar-refractivity contribution is -0.116. The van der Waals surface area contributed by atoms with E-state index in [2.05, 4.69) is 20.4 Å². The zero-order valence-corrected chi connectivity index (χ0v) is 15.1. The van der Waals surface area contributed by atoms with Gasteiger partial charge in [-0.15, -0.1) is 0 Å². The van der Waals surface area contributed by atoms with Crippen LogP contribution in [0.4, 0.5) is 5.69 Å². The number of amides is 1. The number of nitrogens with zero attached hydrogens (tertiary/aromatic N) is 3. The maximum atomic E-state index is 12.0. The Hall–Kier alpha value is -3.42. The van der Waals surface area contributed by atoms with Crippen LogP contribution in [0.15, 0.2) is 47.1 Å². The minimum absolute atomic E-state index is 0.164. The second kappa shape index (κ2) is 8.79. The number of pyridine rings is 1. The van der Waals surface area contributed by atoms with Gasteiger partial charge >= 0.3 is 0 Å². The molecule has 3 aromatic rings. The van der Waals surface area contributed by atoms with Crippen LogP contribution in [0.2, 0.25) is 0 Å². The van der Waals surface area contributed by atoms with Crippen molar-refractivity contribution in [2.45, 2.75) is 19.8 Å². The zero-order valence-electron chi connectivity index (χ0n) is 15.1. The Morgan fingerprint density at radius 2 is 2.00 bits per heavy atom. The fourth-order valence-corrected chi connectivity index (χ4v) is 2.36. The van der Waals surface area contributed by atoms with Gasteiger partial charge in [-0.3, -0.25) is 4.79 Å². The summed E-state index contributed by atoms with van der Waals surface area (Å²) in [5, 5.41) is 6.72. The molecule has 2 aromatic heterocycles. The average Bonchev–Trinajstić information content (AvgIpc) is 3.17. The number of rotatable bonds is 8. The number of aromatic nitrogens is 3. The molecule has 0 atom stereocenters. The number of benzene rings is 1. The van der Waals surface area contributed by atoms with Gasteiger partial charge in [0.05, 0.1) is 25.6 Å². The van der Waals surface area contributed by atoms with Gasteiger partial charge in [0.25, 0.3) is 0 Å². The number of hydrogen-bond donors (Lipinski definition) is 1. The summed E-state index contributed by atoms with van der Waals surface area (Å²) in [6.07, 6.45) is 2.10. The van der Waals surface area contributed by atoms with E-state index < -0.39 is 0 Å². The number of nitrogens with one attached hydrogen (secondary N) is 1. The molecular weight excluding hydrogens is 348 g/mol. The van der Waals surface area contributed by atoms with E-state index in [4.69, 9.17) is 14.0 Å². The Kier molecular flexibility index (Phi) is 5.98. The van der Waals surface area contributed by atoms with E-state index in [1.165, 1.54) is 13.3 Å². The smallest absolute Gasteiger partial charge is 0.227 e. The van der Waals surface area contributed by atoms with E-state index in [-0.39, 0.29) is 12.3 Å². The van der Waals surface area contributed by atoms with Gasteiger partial charge in [0.2, 0.25) is 23.5 Å². The van der Waals surface area contributed by atoms with Crippen LogP contribution in [0.1, 0.15) is 19.2 Å². The van der Waals surface area contributed by atoms with Crippen molar-refractivity contribution in [3.8, 4) is 23.0 Å². The summed E-state index contributed by atoms with van der Waals surface area (Å²) in [5.41, 5.74) is 1.42. The summed E-state index contributed by atoms with van der Waals surface area (Å²) in [6.45, 7) is 2.54. The lowest BCUT2D eigenvalue weighted by Crippen LogP contribution is -2.12. The Labute approximate surface area is 156 Å². The number of ether oxygens (including phenoxy) is 2. The second-order valence-electron chi connectivity index (χ2n) is 5.61. The molecule has 0 saturated heterocycles. The van der Waals surface area contributed by atoms with Crippen LogP contribution in [-0.4, -0.2) is 34.7 Å². The molecule has 8 heteroatoms. The number of carbonyl (C=O) groups is 1. The highest BCUT2D eigenvalue weighted by atomic mass is 16.5. The maximum Gasteiger partial charge on any atom is 0.227 e. The highest BCUT2D eigenvalue weighted by Crippen LogP contribution is 2.20. The fourth-order valence-electron chi connectivity index (χ4n) is 2.36. The molecule has 1 N–H and O–H groups in total. The molecule has 1 amide bonds. The highest BCUT2D eigenvalue weighted by Gasteiger charge is 2.11. The zero-order chi connectivity index (χ0) is 19.1. The van der Waals surface area contributed by atoms with Gasteiger partial charge in [0.15, 0.2) is 0 Å². The number of anilines is 1. The van der Waals surface area contributed by atoms with Crippen LogP contribution in [0, 0.1) is 0 Å². The third kappa shape index (κ3) is 5.04. The Morgan fingerprint density at radius 1 is 1.19 bits per heavy atom. The molecule has 0 unspecified atom stereocenters. The van der Waals surface area contributed by atoms with Gasteiger partial charge in [-0.05, 0) is 37.3 Å². The Bertz CT molecular complexity index is 875. The largest absolute Gasteiger partial charge is 0.494 e. The molecule has 27 heavy (non-hydrogen) atoms. The minimum Gasteiger partial charge on any atom is -0.494 e. The van der Waals surface area contributed by atoms with Crippen LogP contribution in [0.5, 0.6) is 11.6 Å². The van der Waals surface area contributed by atoms with Gasteiger partial charge in [0, 0.05) is 24.5 Å². The predicted octanol–water partition coefficient (Wildman–Crippen LogP) is 3.11. The topological polar surface area (TPSA) is 99.4 Å². The molecule has 0 saturated carbocycles. The quantitative estimate of drug-likeness (QED) is 0.652. The summed E-state index contributed by atoms with van der Waals surface area (Å²) < 4.78 is 15.6. The number of aryl methyl sites for hydroxylation is 1. The molecule has 3 rings (SSSR count). The van der Waals surface area contributed by atoms with Crippen molar-refractivity contribution in [2.75, 3.05) is 19.0 Å². The average molecular weight is 368 g/mol. The molecule has 0 fully saturated rings. The number of methoxy groups -OCH3 is 1. The van der Waals surface area contributed by atoms with Gasteiger partial charge in [-0.1, -0.05) is 5.16 Å². The molecule has 0 bridgehead atoms. The van der Waals surface area contributed by atoms with Crippen molar-refractivity contribution in [2.24, 2.45) is 0 Å². The molecule has 0 aliphatic heterocycles. The first-order valence-corrected chi connectivity index (χ1v) is 8.53. The number of carbonyl (C=O) groups excluding carboxylic acids is 1. The third-order valence-corrected chi connectivity index (χ3v) is 3.69. The molecule has 0 radical (unpaired) electrons. The minimum atomic E-state index is -0.164. The highest BCUT2D eigenvalue weighted by molar-refractivity contribution is 5.90. The third-order valence-electron chi connectivity index (χ3n) is 3.69. The molecule has 8 nitrogen and oxygen atoms in total. The van der Waals surface area contributed by atoms with Crippen molar-refractivity contribution in [3.05, 3.63) is 48.5 Å². The first kappa shape index (κ1) is 18.4. The van der Waals surface area contributed by atoms with Crippen LogP contribution in [-0.2, 0) is 11.2 Å². The summed E-state index contributed by atoms with van der Waals surface area (Å²) in [7, 11) is 1.53. The van der Waals surface area contributed by atoms with Crippen LogP contribution < -0.4 is 14.8 Å². The van der Waals surface area contributed by atoms with Crippen molar-refractivity contribution in [1.29, 1.82) is 0 Å². The van der Waals surface area contributed by atoms with Crippen LogP contribution in [0.3, 0.4) is 0 Å². The van der Waals surface area contributed by atoms with E-state index in [1.807, 2.05) is 31.2 Å². The molecule has 2 heterocycles. The normalized spacial score (nSPS) is 10.4. The molecule has 140 valence electrons. The van der Waals surface area contributed by atoms with E-state index in [9.17, 15) is 4.79 Å². The Balaban J connectivity index is 1.53. The SMILES string of the molecule is CCOc1ccc(-c2noc(CCC(=O)Nc3ccc(OC)nc3)n2)cc1. The summed E-state index contributed by atoms with van der Waals surface area (Å²) in [5.74, 6) is 1.99. The lowest BCUT2D eigenvalue weighted by atomic mass is 10.2.